The second-order valence-corrected chi connectivity index (χ2v) is 5.33. The van der Waals surface area contributed by atoms with E-state index in [0.29, 0.717) is 12.8 Å². The first kappa shape index (κ1) is 28.8. The summed E-state index contributed by atoms with van der Waals surface area (Å²) in [5, 5.41) is 42.9. The topological polar surface area (TPSA) is 162 Å². The van der Waals surface area contributed by atoms with Gasteiger partial charge in [0.05, 0.1) is 25.2 Å². The first-order valence-corrected chi connectivity index (χ1v) is 7.23. The van der Waals surface area contributed by atoms with Gasteiger partial charge in [-0.1, -0.05) is 6.58 Å². The summed E-state index contributed by atoms with van der Waals surface area (Å²) >= 11 is 0. The van der Waals surface area contributed by atoms with E-state index in [0.717, 1.165) is 0 Å². The molecule has 10 heteroatoms. The molecule has 0 aliphatic carbocycles. The number of unbranched alkanes of at least 4 members (excludes halogenated alkanes) is 1. The third-order valence-corrected chi connectivity index (χ3v) is 2.90. The fraction of sp³-hybridized carbons (Fsp3) is 0.667. The molecule has 0 spiro atoms. The van der Waals surface area contributed by atoms with Crippen LogP contribution in [0.25, 0.3) is 0 Å². The Morgan fingerprint density at radius 1 is 0.960 bits per heavy atom. The molecule has 5 N–H and O–H groups in total. The largest absolute Gasteiger partial charge is 1.00 e. The number of carbonyl (C=O) groups is 3. The third kappa shape index (κ3) is 16.3. The van der Waals surface area contributed by atoms with Crippen molar-refractivity contribution in [2.24, 2.45) is 5.41 Å². The summed E-state index contributed by atoms with van der Waals surface area (Å²) in [4.78, 5) is 30.8. The molecule has 25 heavy (non-hydrogen) atoms. The van der Waals surface area contributed by atoms with Gasteiger partial charge in [0.25, 0.3) is 0 Å². The summed E-state index contributed by atoms with van der Waals surface area (Å²) in [6.45, 7) is 3.26. The van der Waals surface area contributed by atoms with Crippen LogP contribution in [0.15, 0.2) is 12.2 Å². The molecule has 142 valence electrons. The molecular formula is C15H27NaO9. The normalized spacial score (nSPS) is 9.92. The predicted molar refractivity (Wildman–Crippen MR) is 84.3 cm³/mol. The van der Waals surface area contributed by atoms with Crippen LogP contribution in [0.4, 0.5) is 0 Å². The van der Waals surface area contributed by atoms with Crippen molar-refractivity contribution in [3.63, 3.8) is 0 Å². The summed E-state index contributed by atoms with van der Waals surface area (Å²) in [5.41, 5.74) is -0.946. The fourth-order valence-electron chi connectivity index (χ4n) is 1.18. The van der Waals surface area contributed by atoms with E-state index in [4.69, 9.17) is 30.3 Å². The van der Waals surface area contributed by atoms with E-state index in [1.807, 2.05) is 0 Å². The van der Waals surface area contributed by atoms with Gasteiger partial charge in [-0.2, -0.15) is 0 Å². The standard InChI is InChI=1S/C9H16O5.C6H10O4.Na.H/c1-7(2)8(13)14-6-9(3-10,4-11)5-12;7-5(8)3-1-2-4-6(9)10;;/h10-12H,1,3-6H2,2H3;1-4H2,(H,7,8)(H,9,10);;/q;;+1;-1. The van der Waals surface area contributed by atoms with Crippen LogP contribution >= 0.6 is 0 Å². The molecule has 0 amide bonds. The molecule has 0 aromatic rings. The van der Waals surface area contributed by atoms with Crippen LogP contribution in [0.1, 0.15) is 34.0 Å². The van der Waals surface area contributed by atoms with Crippen molar-refractivity contribution in [1.82, 2.24) is 0 Å². The zero-order chi connectivity index (χ0) is 19.2. The number of rotatable bonds is 11. The van der Waals surface area contributed by atoms with E-state index >= 15 is 0 Å². The summed E-state index contributed by atoms with van der Waals surface area (Å²) < 4.78 is 4.72. The Kier molecular flexibility index (Phi) is 19.0. The number of carbonyl (C=O) groups excluding carboxylic acids is 1. The molecule has 0 radical (unpaired) electrons. The van der Waals surface area contributed by atoms with Gasteiger partial charge in [-0.05, 0) is 19.8 Å². The zero-order valence-corrected chi connectivity index (χ0v) is 16.7. The predicted octanol–water partition coefficient (Wildman–Crippen LogP) is -3.10. The van der Waals surface area contributed by atoms with Crippen molar-refractivity contribution in [2.45, 2.75) is 32.6 Å². The minimum atomic E-state index is -1.18. The number of hydrogen-bond acceptors (Lipinski definition) is 7. The minimum absolute atomic E-state index is 0. The molecular weight excluding hydrogens is 347 g/mol. The smallest absolute Gasteiger partial charge is 1.00 e. The molecule has 9 nitrogen and oxygen atoms in total. The van der Waals surface area contributed by atoms with Crippen molar-refractivity contribution in [3.05, 3.63) is 12.2 Å². The molecule has 0 aromatic heterocycles. The van der Waals surface area contributed by atoms with Gasteiger partial charge in [0, 0.05) is 18.4 Å². The molecule has 0 aliphatic heterocycles. The van der Waals surface area contributed by atoms with Crippen molar-refractivity contribution in [2.75, 3.05) is 26.4 Å². The Hall–Kier alpha value is -0.970. The van der Waals surface area contributed by atoms with Crippen LogP contribution < -0.4 is 29.6 Å². The number of ether oxygens (including phenoxy) is 1. The Labute approximate surface area is 170 Å². The Balaban J connectivity index is -0.000000181. The van der Waals surface area contributed by atoms with Crippen LogP contribution in [0.3, 0.4) is 0 Å². The van der Waals surface area contributed by atoms with Gasteiger partial charge in [-0.15, -0.1) is 0 Å². The molecule has 0 bridgehead atoms. The first-order chi connectivity index (χ1) is 11.1. The molecule has 0 atom stereocenters. The molecule has 0 aliphatic rings. The second-order valence-electron chi connectivity index (χ2n) is 5.33. The van der Waals surface area contributed by atoms with E-state index in [1.165, 1.54) is 6.92 Å². The number of carboxylic acid groups (broad SMARTS) is 2. The van der Waals surface area contributed by atoms with Gasteiger partial charge in [0.1, 0.15) is 6.61 Å². The number of aliphatic hydroxyl groups is 3. The number of hydrogen-bond donors (Lipinski definition) is 5. The number of carboxylic acids is 2. The molecule has 0 fully saturated rings. The van der Waals surface area contributed by atoms with Gasteiger partial charge < -0.3 is 31.7 Å². The third-order valence-electron chi connectivity index (χ3n) is 2.90. The number of esters is 1. The molecule has 0 saturated heterocycles. The average molecular weight is 374 g/mol. The second kappa shape index (κ2) is 16.5. The quantitative estimate of drug-likeness (QED) is 0.109. The zero-order valence-electron chi connectivity index (χ0n) is 15.7. The van der Waals surface area contributed by atoms with Crippen molar-refractivity contribution < 1.29 is 75.6 Å². The number of aliphatic carboxylic acids is 2. The van der Waals surface area contributed by atoms with E-state index in [-0.39, 0.29) is 56.0 Å². The molecule has 0 rings (SSSR count). The Morgan fingerprint density at radius 3 is 1.56 bits per heavy atom. The SMILES string of the molecule is C=C(C)C(=O)OCC(CO)(CO)CO.O=C(O)CCCCC(=O)O.[H-].[Na+]. The summed E-state index contributed by atoms with van der Waals surface area (Å²) in [6.07, 6.45) is 1.02. The minimum Gasteiger partial charge on any atom is -1.00 e. The summed E-state index contributed by atoms with van der Waals surface area (Å²) in [5.74, 6) is -2.35. The van der Waals surface area contributed by atoms with Crippen molar-refractivity contribution in [3.8, 4) is 0 Å². The molecule has 0 heterocycles. The Morgan fingerprint density at radius 2 is 1.32 bits per heavy atom. The van der Waals surface area contributed by atoms with Crippen LogP contribution in [0.2, 0.25) is 0 Å². The first-order valence-electron chi connectivity index (χ1n) is 7.23. The van der Waals surface area contributed by atoms with E-state index in [1.54, 1.807) is 0 Å². The average Bonchev–Trinajstić information content (AvgIpc) is 2.53. The molecule has 0 saturated carbocycles. The van der Waals surface area contributed by atoms with Crippen LogP contribution in [0.5, 0.6) is 0 Å². The summed E-state index contributed by atoms with van der Waals surface area (Å²) in [7, 11) is 0. The maximum Gasteiger partial charge on any atom is 1.00 e. The Bertz CT molecular complexity index is 401. The van der Waals surface area contributed by atoms with Crippen molar-refractivity contribution >= 4 is 17.9 Å². The monoisotopic (exact) mass is 374 g/mol. The molecule has 0 aromatic carbocycles. The number of aliphatic hydroxyl groups excluding tert-OH is 3. The maximum absolute atomic E-state index is 11.0. The van der Waals surface area contributed by atoms with Gasteiger partial charge in [0.2, 0.25) is 0 Å². The fourth-order valence-corrected chi connectivity index (χ4v) is 1.18. The van der Waals surface area contributed by atoms with Gasteiger partial charge in [0.15, 0.2) is 0 Å². The van der Waals surface area contributed by atoms with Crippen LogP contribution in [-0.2, 0) is 19.1 Å². The summed E-state index contributed by atoms with van der Waals surface area (Å²) in [6, 6.07) is 0. The van der Waals surface area contributed by atoms with Crippen LogP contribution in [-0.4, -0.2) is 69.9 Å². The van der Waals surface area contributed by atoms with E-state index in [2.05, 4.69) is 6.58 Å². The van der Waals surface area contributed by atoms with Gasteiger partial charge in [-0.3, -0.25) is 9.59 Å². The van der Waals surface area contributed by atoms with E-state index in [9.17, 15) is 14.4 Å². The maximum atomic E-state index is 11.0. The van der Waals surface area contributed by atoms with Gasteiger partial charge >= 0.3 is 47.5 Å². The van der Waals surface area contributed by atoms with Gasteiger partial charge in [-0.25, -0.2) is 4.79 Å². The molecule has 0 unspecified atom stereocenters. The van der Waals surface area contributed by atoms with Crippen LogP contribution in [0, 0.1) is 5.41 Å². The van der Waals surface area contributed by atoms with E-state index < -0.39 is 43.1 Å². The van der Waals surface area contributed by atoms with Crippen molar-refractivity contribution in [1.29, 1.82) is 0 Å².